The molecule has 7 heteroatoms. The highest BCUT2D eigenvalue weighted by atomic mass is 16.6. The Hall–Kier alpha value is -3.48. The Kier molecular flexibility index (Phi) is 4.30. The largest absolute Gasteiger partial charge is 0.417 e. The fraction of sp³-hybridized carbons (Fsp3) is 0.111. The number of nitro benzene ring substituents is 1. The molecule has 0 atom stereocenters. The molecule has 3 aromatic rings. The standard InChI is InChI=1S/C18H14N2O5/c1-11-2-4-12(5-3-11)10-19-17(21)16-8-13-6-7-14(20(23)24)9-15(13)18(22)25-16/h2-9H,10H2,1H3,(H,19,21). The molecule has 2 aromatic carbocycles. The fourth-order valence-corrected chi connectivity index (χ4v) is 2.37. The lowest BCUT2D eigenvalue weighted by Gasteiger charge is -2.06. The van der Waals surface area contributed by atoms with Gasteiger partial charge in [0.1, 0.15) is 0 Å². The van der Waals surface area contributed by atoms with Gasteiger partial charge in [0.15, 0.2) is 5.76 Å². The Morgan fingerprint density at radius 1 is 1.16 bits per heavy atom. The maximum absolute atomic E-state index is 12.2. The van der Waals surface area contributed by atoms with Crippen molar-refractivity contribution in [2.24, 2.45) is 0 Å². The number of nitrogens with one attached hydrogen (secondary N) is 1. The van der Waals surface area contributed by atoms with Gasteiger partial charge in [-0.3, -0.25) is 14.9 Å². The number of carbonyl (C=O) groups is 1. The van der Waals surface area contributed by atoms with Crippen molar-refractivity contribution in [3.8, 4) is 0 Å². The molecule has 3 rings (SSSR count). The molecule has 0 unspecified atom stereocenters. The van der Waals surface area contributed by atoms with Crippen LogP contribution in [0.15, 0.2) is 57.7 Å². The van der Waals surface area contributed by atoms with Crippen molar-refractivity contribution in [1.29, 1.82) is 0 Å². The number of benzene rings is 2. The van der Waals surface area contributed by atoms with Crippen LogP contribution in [0.1, 0.15) is 21.7 Å². The molecule has 0 aliphatic rings. The molecule has 0 saturated carbocycles. The van der Waals surface area contributed by atoms with E-state index in [2.05, 4.69) is 5.32 Å². The molecule has 0 bridgehead atoms. The van der Waals surface area contributed by atoms with Crippen molar-refractivity contribution in [3.05, 3.63) is 86.0 Å². The minimum Gasteiger partial charge on any atom is -0.417 e. The van der Waals surface area contributed by atoms with Crippen LogP contribution < -0.4 is 10.9 Å². The van der Waals surface area contributed by atoms with E-state index in [9.17, 15) is 19.7 Å². The summed E-state index contributed by atoms with van der Waals surface area (Å²) in [5.41, 5.74) is 1.03. The first-order valence-corrected chi connectivity index (χ1v) is 7.50. The maximum Gasteiger partial charge on any atom is 0.344 e. The summed E-state index contributed by atoms with van der Waals surface area (Å²) in [6.45, 7) is 2.26. The number of carbonyl (C=O) groups excluding carboxylic acids is 1. The molecule has 0 spiro atoms. The van der Waals surface area contributed by atoms with Gasteiger partial charge in [-0.1, -0.05) is 29.8 Å². The van der Waals surface area contributed by atoms with Gasteiger partial charge in [-0.05, 0) is 30.0 Å². The zero-order chi connectivity index (χ0) is 18.0. The van der Waals surface area contributed by atoms with Crippen LogP contribution in [0.4, 0.5) is 5.69 Å². The van der Waals surface area contributed by atoms with E-state index in [1.165, 1.54) is 18.2 Å². The number of amides is 1. The average Bonchev–Trinajstić information content (AvgIpc) is 2.60. The second kappa shape index (κ2) is 6.56. The van der Waals surface area contributed by atoms with Gasteiger partial charge in [0, 0.05) is 18.7 Å². The lowest BCUT2D eigenvalue weighted by Crippen LogP contribution is -2.24. The first-order valence-electron chi connectivity index (χ1n) is 7.50. The van der Waals surface area contributed by atoms with E-state index in [-0.39, 0.29) is 16.8 Å². The number of aryl methyl sites for hydroxylation is 1. The van der Waals surface area contributed by atoms with Gasteiger partial charge in [-0.2, -0.15) is 0 Å². The SMILES string of the molecule is Cc1ccc(CNC(=O)c2cc3ccc([N+](=O)[O-])cc3c(=O)o2)cc1. The molecule has 126 valence electrons. The van der Waals surface area contributed by atoms with Crippen LogP contribution >= 0.6 is 0 Å². The van der Waals surface area contributed by atoms with Crippen LogP contribution in [0, 0.1) is 17.0 Å². The van der Waals surface area contributed by atoms with E-state index >= 15 is 0 Å². The Balaban J connectivity index is 1.84. The molecule has 1 N–H and O–H groups in total. The second-order valence-electron chi connectivity index (χ2n) is 5.60. The molecule has 0 aliphatic heterocycles. The Bertz CT molecular complexity index is 1020. The summed E-state index contributed by atoms with van der Waals surface area (Å²) in [5.74, 6) is -0.670. The summed E-state index contributed by atoms with van der Waals surface area (Å²) in [4.78, 5) is 34.4. The van der Waals surface area contributed by atoms with Gasteiger partial charge in [-0.25, -0.2) is 4.79 Å². The summed E-state index contributed by atoms with van der Waals surface area (Å²) >= 11 is 0. The van der Waals surface area contributed by atoms with E-state index in [0.717, 1.165) is 17.2 Å². The molecule has 1 amide bonds. The van der Waals surface area contributed by atoms with E-state index in [4.69, 9.17) is 4.42 Å². The number of nitrogens with zero attached hydrogens (tertiary/aromatic N) is 1. The maximum atomic E-state index is 12.2. The minimum atomic E-state index is -0.790. The Morgan fingerprint density at radius 2 is 1.88 bits per heavy atom. The lowest BCUT2D eigenvalue weighted by molar-refractivity contribution is -0.384. The van der Waals surface area contributed by atoms with Crippen LogP contribution in [0.3, 0.4) is 0 Å². The summed E-state index contributed by atoms with van der Waals surface area (Å²) < 4.78 is 5.00. The van der Waals surface area contributed by atoms with E-state index in [1.807, 2.05) is 31.2 Å². The highest BCUT2D eigenvalue weighted by molar-refractivity contribution is 5.95. The molecule has 0 aliphatic carbocycles. The third kappa shape index (κ3) is 3.55. The van der Waals surface area contributed by atoms with Crippen molar-refractivity contribution in [2.75, 3.05) is 0 Å². The lowest BCUT2D eigenvalue weighted by atomic mass is 10.1. The number of nitro groups is 1. The first kappa shape index (κ1) is 16.4. The summed E-state index contributed by atoms with van der Waals surface area (Å²) in [5, 5.41) is 13.9. The second-order valence-corrected chi connectivity index (χ2v) is 5.60. The summed E-state index contributed by atoms with van der Waals surface area (Å²) in [6, 6.07) is 12.9. The van der Waals surface area contributed by atoms with Crippen LogP contribution in [0.25, 0.3) is 10.8 Å². The summed E-state index contributed by atoms with van der Waals surface area (Å²) in [6.07, 6.45) is 0. The minimum absolute atomic E-state index is 0.0595. The normalized spacial score (nSPS) is 10.6. The van der Waals surface area contributed by atoms with Gasteiger partial charge in [0.25, 0.3) is 11.6 Å². The quantitative estimate of drug-likeness (QED) is 0.582. The van der Waals surface area contributed by atoms with Gasteiger partial charge in [0.05, 0.1) is 10.3 Å². The predicted molar refractivity (Wildman–Crippen MR) is 91.5 cm³/mol. The van der Waals surface area contributed by atoms with Crippen LogP contribution in [-0.2, 0) is 6.54 Å². The molecule has 0 fully saturated rings. The Morgan fingerprint density at radius 3 is 2.56 bits per heavy atom. The topological polar surface area (TPSA) is 102 Å². The summed E-state index contributed by atoms with van der Waals surface area (Å²) in [7, 11) is 0. The molecule has 0 saturated heterocycles. The Labute approximate surface area is 142 Å². The van der Waals surface area contributed by atoms with Gasteiger partial charge < -0.3 is 9.73 Å². The highest BCUT2D eigenvalue weighted by Crippen LogP contribution is 2.19. The van der Waals surface area contributed by atoms with Crippen molar-refractivity contribution in [1.82, 2.24) is 5.32 Å². The molecule has 7 nitrogen and oxygen atoms in total. The van der Waals surface area contributed by atoms with Crippen LogP contribution in [0.2, 0.25) is 0 Å². The average molecular weight is 338 g/mol. The third-order valence-electron chi connectivity index (χ3n) is 3.75. The monoisotopic (exact) mass is 338 g/mol. The van der Waals surface area contributed by atoms with Gasteiger partial charge in [0.2, 0.25) is 0 Å². The van der Waals surface area contributed by atoms with E-state index in [1.54, 1.807) is 0 Å². The smallest absolute Gasteiger partial charge is 0.344 e. The molecule has 1 heterocycles. The third-order valence-corrected chi connectivity index (χ3v) is 3.75. The van der Waals surface area contributed by atoms with Crippen molar-refractivity contribution >= 4 is 22.4 Å². The zero-order valence-electron chi connectivity index (χ0n) is 13.3. The van der Waals surface area contributed by atoms with Crippen molar-refractivity contribution in [2.45, 2.75) is 13.5 Å². The molecule has 0 radical (unpaired) electrons. The van der Waals surface area contributed by atoms with Crippen molar-refractivity contribution < 1.29 is 14.1 Å². The molecular formula is C18H14N2O5. The molecule has 25 heavy (non-hydrogen) atoms. The fourth-order valence-electron chi connectivity index (χ4n) is 2.37. The number of hydrogen-bond donors (Lipinski definition) is 1. The molecule has 1 aromatic heterocycles. The number of fused-ring (bicyclic) bond motifs is 1. The van der Waals surface area contributed by atoms with Crippen LogP contribution in [-0.4, -0.2) is 10.8 Å². The highest BCUT2D eigenvalue weighted by Gasteiger charge is 2.14. The van der Waals surface area contributed by atoms with Crippen LogP contribution in [0.5, 0.6) is 0 Å². The van der Waals surface area contributed by atoms with Gasteiger partial charge >= 0.3 is 5.63 Å². The zero-order valence-corrected chi connectivity index (χ0v) is 13.3. The predicted octanol–water partition coefficient (Wildman–Crippen LogP) is 2.94. The van der Waals surface area contributed by atoms with E-state index in [0.29, 0.717) is 11.9 Å². The molecular weight excluding hydrogens is 324 g/mol. The first-order chi connectivity index (χ1) is 11.9. The number of hydrogen-bond acceptors (Lipinski definition) is 5. The van der Waals surface area contributed by atoms with Crippen molar-refractivity contribution in [3.63, 3.8) is 0 Å². The number of rotatable bonds is 4. The van der Waals surface area contributed by atoms with E-state index < -0.39 is 16.5 Å². The van der Waals surface area contributed by atoms with Gasteiger partial charge in [-0.15, -0.1) is 0 Å². The number of non-ortho nitro benzene ring substituents is 1.